The quantitative estimate of drug-likeness (QED) is 0.766. The van der Waals surface area contributed by atoms with Gasteiger partial charge in [0.15, 0.2) is 0 Å². The number of hydrogen-bond acceptors (Lipinski definition) is 2. The van der Waals surface area contributed by atoms with Crippen LogP contribution in [0.3, 0.4) is 0 Å². The molecule has 1 aliphatic heterocycles. The topological polar surface area (TPSA) is 21.3 Å². The first-order valence-electron chi connectivity index (χ1n) is 7.21. The molecule has 0 aromatic heterocycles. The van der Waals surface area contributed by atoms with Gasteiger partial charge in [-0.25, -0.2) is 0 Å². The molecule has 1 N–H and O–H groups in total. The molecule has 2 aliphatic rings. The molecule has 2 rings (SSSR count). The lowest BCUT2D eigenvalue weighted by Crippen LogP contribution is -2.35. The van der Waals surface area contributed by atoms with Crippen LogP contribution in [0.4, 0.5) is 0 Å². The fourth-order valence-corrected chi connectivity index (χ4v) is 3.63. The van der Waals surface area contributed by atoms with E-state index >= 15 is 0 Å². The van der Waals surface area contributed by atoms with E-state index in [1.807, 2.05) is 0 Å². The molecular weight excluding hydrogens is 234 g/mol. The van der Waals surface area contributed by atoms with Crippen LogP contribution >= 0.6 is 11.6 Å². The van der Waals surface area contributed by atoms with Crippen molar-refractivity contribution in [1.82, 2.24) is 5.32 Å². The van der Waals surface area contributed by atoms with Crippen molar-refractivity contribution in [2.75, 3.05) is 19.0 Å². The Hall–Kier alpha value is 0.210. The Kier molecular flexibility index (Phi) is 5.58. The van der Waals surface area contributed by atoms with Gasteiger partial charge < -0.3 is 10.1 Å². The summed E-state index contributed by atoms with van der Waals surface area (Å²) in [5.74, 6) is 2.37. The summed E-state index contributed by atoms with van der Waals surface area (Å²) in [6, 6.07) is 0. The van der Waals surface area contributed by atoms with Crippen molar-refractivity contribution in [3.8, 4) is 0 Å². The first-order valence-corrected chi connectivity index (χ1v) is 7.75. The number of hydrogen-bond donors (Lipinski definition) is 1. The molecule has 1 heterocycles. The zero-order valence-corrected chi connectivity index (χ0v) is 11.7. The van der Waals surface area contributed by atoms with E-state index in [4.69, 9.17) is 16.3 Å². The van der Waals surface area contributed by atoms with Gasteiger partial charge in [-0.3, -0.25) is 0 Å². The first kappa shape index (κ1) is 13.6. The largest absolute Gasteiger partial charge is 0.374 e. The van der Waals surface area contributed by atoms with Gasteiger partial charge >= 0.3 is 0 Å². The van der Waals surface area contributed by atoms with Crippen molar-refractivity contribution < 1.29 is 4.74 Å². The summed E-state index contributed by atoms with van der Waals surface area (Å²) in [6.45, 7) is 4.33. The van der Waals surface area contributed by atoms with Crippen LogP contribution in [0.25, 0.3) is 0 Å². The van der Waals surface area contributed by atoms with Gasteiger partial charge in [0.05, 0.1) is 12.2 Å². The van der Waals surface area contributed by atoms with Crippen LogP contribution in [0, 0.1) is 11.8 Å². The highest BCUT2D eigenvalue weighted by Crippen LogP contribution is 2.30. The molecule has 2 nitrogen and oxygen atoms in total. The number of halogens is 1. The van der Waals surface area contributed by atoms with Crippen molar-refractivity contribution in [2.24, 2.45) is 11.8 Å². The Morgan fingerprint density at radius 2 is 1.82 bits per heavy atom. The fraction of sp³-hybridized carbons (Fsp3) is 1.00. The van der Waals surface area contributed by atoms with Crippen molar-refractivity contribution in [2.45, 2.75) is 57.7 Å². The molecule has 17 heavy (non-hydrogen) atoms. The predicted octanol–water partition coefficient (Wildman–Crippen LogP) is 3.19. The molecule has 4 unspecified atom stereocenters. The minimum Gasteiger partial charge on any atom is -0.374 e. The summed E-state index contributed by atoms with van der Waals surface area (Å²) in [4.78, 5) is 0. The third-order valence-corrected chi connectivity index (χ3v) is 4.76. The molecule has 4 atom stereocenters. The smallest absolute Gasteiger partial charge is 0.0704 e. The molecule has 100 valence electrons. The summed E-state index contributed by atoms with van der Waals surface area (Å²) < 4.78 is 5.82. The zero-order chi connectivity index (χ0) is 12.1. The van der Waals surface area contributed by atoms with Crippen LogP contribution in [0.15, 0.2) is 0 Å². The summed E-state index contributed by atoms with van der Waals surface area (Å²) >= 11 is 6.05. The number of alkyl halides is 1. The Morgan fingerprint density at radius 1 is 1.06 bits per heavy atom. The lowest BCUT2D eigenvalue weighted by molar-refractivity contribution is 0.0547. The molecular formula is C14H26ClNO. The van der Waals surface area contributed by atoms with Crippen molar-refractivity contribution in [1.29, 1.82) is 0 Å². The van der Waals surface area contributed by atoms with E-state index < -0.39 is 0 Å². The standard InChI is InChI=1S/C14H26ClNO/c1-11-6-7-14(17-11)10-16-9-13-5-3-2-4-12(13)8-15/h11-14,16H,2-10H2,1H3. The Balaban J connectivity index is 1.63. The zero-order valence-electron chi connectivity index (χ0n) is 11.0. The van der Waals surface area contributed by atoms with Crippen molar-refractivity contribution in [3.05, 3.63) is 0 Å². The van der Waals surface area contributed by atoms with Gasteiger partial charge in [-0.2, -0.15) is 0 Å². The maximum absolute atomic E-state index is 6.05. The van der Waals surface area contributed by atoms with Crippen LogP contribution < -0.4 is 5.32 Å². The molecule has 3 heteroatoms. The van der Waals surface area contributed by atoms with Crippen LogP contribution in [0.2, 0.25) is 0 Å². The molecule has 0 spiro atoms. The van der Waals surface area contributed by atoms with Crippen molar-refractivity contribution >= 4 is 11.6 Å². The predicted molar refractivity (Wildman–Crippen MR) is 72.6 cm³/mol. The Morgan fingerprint density at radius 3 is 2.47 bits per heavy atom. The third kappa shape index (κ3) is 4.11. The average molecular weight is 260 g/mol. The number of rotatable bonds is 5. The summed E-state index contributed by atoms with van der Waals surface area (Å²) in [5.41, 5.74) is 0. The molecule has 2 fully saturated rings. The lowest BCUT2D eigenvalue weighted by atomic mass is 9.80. The molecule has 0 radical (unpaired) electrons. The third-order valence-electron chi connectivity index (χ3n) is 4.36. The minimum atomic E-state index is 0.447. The Labute approximate surface area is 110 Å². The van der Waals surface area contributed by atoms with Crippen LogP contribution in [0.1, 0.15) is 45.4 Å². The average Bonchev–Trinajstić information content (AvgIpc) is 2.76. The van der Waals surface area contributed by atoms with Gasteiger partial charge in [-0.15, -0.1) is 11.6 Å². The monoisotopic (exact) mass is 259 g/mol. The number of nitrogens with one attached hydrogen (secondary N) is 1. The molecule has 1 aliphatic carbocycles. The maximum atomic E-state index is 6.05. The second kappa shape index (κ2) is 6.96. The molecule has 0 bridgehead atoms. The minimum absolute atomic E-state index is 0.447. The van der Waals surface area contributed by atoms with Gasteiger partial charge in [-0.1, -0.05) is 12.8 Å². The van der Waals surface area contributed by atoms with Crippen LogP contribution in [0.5, 0.6) is 0 Å². The van der Waals surface area contributed by atoms with Crippen molar-refractivity contribution in [3.63, 3.8) is 0 Å². The highest BCUT2D eigenvalue weighted by atomic mass is 35.5. The molecule has 0 aromatic rings. The van der Waals surface area contributed by atoms with E-state index in [0.717, 1.165) is 30.8 Å². The van der Waals surface area contributed by atoms with E-state index in [0.29, 0.717) is 12.2 Å². The lowest BCUT2D eigenvalue weighted by Gasteiger charge is -2.30. The first-order chi connectivity index (χ1) is 8.29. The van der Waals surface area contributed by atoms with Gasteiger partial charge in [-0.05, 0) is 51.0 Å². The van der Waals surface area contributed by atoms with E-state index in [-0.39, 0.29) is 0 Å². The van der Waals surface area contributed by atoms with Crippen LogP contribution in [-0.2, 0) is 4.74 Å². The SMILES string of the molecule is CC1CCC(CNCC2CCCCC2CCl)O1. The molecule has 1 saturated heterocycles. The van der Waals surface area contributed by atoms with E-state index in [1.165, 1.54) is 38.5 Å². The second-order valence-corrected chi connectivity index (χ2v) is 6.07. The summed E-state index contributed by atoms with van der Waals surface area (Å²) in [7, 11) is 0. The van der Waals surface area contributed by atoms with Crippen LogP contribution in [-0.4, -0.2) is 31.2 Å². The number of ether oxygens (including phenoxy) is 1. The van der Waals surface area contributed by atoms with E-state index in [1.54, 1.807) is 0 Å². The fourth-order valence-electron chi connectivity index (χ4n) is 3.22. The van der Waals surface area contributed by atoms with E-state index in [2.05, 4.69) is 12.2 Å². The summed E-state index contributed by atoms with van der Waals surface area (Å²) in [5, 5.41) is 3.60. The molecule has 0 amide bonds. The molecule has 0 aromatic carbocycles. The van der Waals surface area contributed by atoms with Gasteiger partial charge in [0.25, 0.3) is 0 Å². The summed E-state index contributed by atoms with van der Waals surface area (Å²) in [6.07, 6.45) is 8.79. The highest BCUT2D eigenvalue weighted by Gasteiger charge is 2.25. The maximum Gasteiger partial charge on any atom is 0.0704 e. The van der Waals surface area contributed by atoms with Gasteiger partial charge in [0.1, 0.15) is 0 Å². The van der Waals surface area contributed by atoms with E-state index in [9.17, 15) is 0 Å². The highest BCUT2D eigenvalue weighted by molar-refractivity contribution is 6.18. The van der Waals surface area contributed by atoms with Gasteiger partial charge in [0.2, 0.25) is 0 Å². The molecule has 1 saturated carbocycles. The second-order valence-electron chi connectivity index (χ2n) is 5.76. The Bertz CT molecular complexity index is 224. The normalized spacial score (nSPS) is 38.5. The van der Waals surface area contributed by atoms with Gasteiger partial charge in [0, 0.05) is 12.4 Å².